The molecule has 1 aliphatic carbocycles. The molecule has 0 radical (unpaired) electrons. The molecule has 0 aromatic carbocycles. The molecule has 0 N–H and O–H groups in total. The second-order valence-electron chi connectivity index (χ2n) is 9.65. The van der Waals surface area contributed by atoms with Crippen molar-refractivity contribution in [3.8, 4) is 23.2 Å². The molecule has 7 heterocycles. The van der Waals surface area contributed by atoms with Gasteiger partial charge in [0.1, 0.15) is 6.07 Å². The number of fused-ring (bicyclic) bond motifs is 3. The number of anilines is 1. The fourth-order valence-corrected chi connectivity index (χ4v) is 5.22. The van der Waals surface area contributed by atoms with E-state index in [1.807, 2.05) is 35.4 Å². The minimum atomic E-state index is 0.438. The number of rotatable bonds is 6. The third kappa shape index (κ3) is 3.45. The minimum absolute atomic E-state index is 0.438. The van der Waals surface area contributed by atoms with Crippen LogP contribution in [0.2, 0.25) is 0 Å². The maximum Gasteiger partial charge on any atom is 0.212 e. The lowest BCUT2D eigenvalue weighted by molar-refractivity contribution is 0.139. The summed E-state index contributed by atoms with van der Waals surface area (Å²) in [6.45, 7) is 1.70. The molecule has 0 spiro atoms. The van der Waals surface area contributed by atoms with Crippen molar-refractivity contribution in [3.63, 3.8) is 0 Å². The molecule has 1 unspecified atom stereocenters. The van der Waals surface area contributed by atoms with Crippen molar-refractivity contribution in [2.45, 2.75) is 37.8 Å². The summed E-state index contributed by atoms with van der Waals surface area (Å²) in [4.78, 5) is 18.5. The average molecular weight is 477 g/mol. The molecule has 4 aliphatic rings. The van der Waals surface area contributed by atoms with Crippen molar-refractivity contribution in [2.24, 2.45) is 0 Å². The fraction of sp³-hybridized carbons (Fsp3) is 0.296. The second kappa shape index (κ2) is 8.05. The first-order valence-corrected chi connectivity index (χ1v) is 12.2. The molecular formula is C27H24N8O. The van der Waals surface area contributed by atoms with Crippen molar-refractivity contribution in [3.05, 3.63) is 77.8 Å². The maximum atomic E-state index is 9.60. The first kappa shape index (κ1) is 20.9. The van der Waals surface area contributed by atoms with Gasteiger partial charge in [-0.2, -0.15) is 10.4 Å². The molecule has 2 bridgehead atoms. The van der Waals surface area contributed by atoms with Gasteiger partial charge in [0.25, 0.3) is 0 Å². The Morgan fingerprint density at radius 2 is 2.03 bits per heavy atom. The predicted molar refractivity (Wildman–Crippen MR) is 133 cm³/mol. The van der Waals surface area contributed by atoms with E-state index in [9.17, 15) is 5.26 Å². The molecule has 3 aliphatic heterocycles. The molecular weight excluding hydrogens is 452 g/mol. The van der Waals surface area contributed by atoms with Gasteiger partial charge in [-0.3, -0.25) is 4.98 Å². The van der Waals surface area contributed by atoms with Gasteiger partial charge in [-0.15, -0.1) is 0 Å². The van der Waals surface area contributed by atoms with Crippen molar-refractivity contribution in [1.29, 1.82) is 5.26 Å². The van der Waals surface area contributed by atoms with Gasteiger partial charge >= 0.3 is 0 Å². The summed E-state index contributed by atoms with van der Waals surface area (Å²) in [5.41, 5.74) is 6.70. The molecule has 1 saturated carbocycles. The van der Waals surface area contributed by atoms with Gasteiger partial charge in [-0.25, -0.2) is 14.5 Å². The Labute approximate surface area is 208 Å². The van der Waals surface area contributed by atoms with Crippen LogP contribution in [0.4, 0.5) is 5.82 Å². The molecule has 178 valence electrons. The summed E-state index contributed by atoms with van der Waals surface area (Å²) in [6, 6.07) is 8.82. The summed E-state index contributed by atoms with van der Waals surface area (Å²) in [7, 11) is 1.63. The minimum Gasteiger partial charge on any atom is -0.481 e. The lowest BCUT2D eigenvalue weighted by Gasteiger charge is -2.51. The molecule has 9 heteroatoms. The van der Waals surface area contributed by atoms with Gasteiger partial charge in [0.15, 0.2) is 5.82 Å². The molecule has 36 heavy (non-hydrogen) atoms. The molecule has 8 rings (SSSR count). The maximum absolute atomic E-state index is 9.60. The van der Waals surface area contributed by atoms with E-state index in [1.54, 1.807) is 13.3 Å². The highest BCUT2D eigenvalue weighted by atomic mass is 16.5. The van der Waals surface area contributed by atoms with Crippen LogP contribution in [0, 0.1) is 11.3 Å². The third-order valence-electron chi connectivity index (χ3n) is 7.34. The zero-order valence-corrected chi connectivity index (χ0v) is 19.9. The van der Waals surface area contributed by atoms with E-state index < -0.39 is 0 Å². The molecule has 4 aromatic rings. The van der Waals surface area contributed by atoms with Crippen molar-refractivity contribution < 1.29 is 4.74 Å². The van der Waals surface area contributed by atoms with Gasteiger partial charge in [0.2, 0.25) is 5.88 Å². The molecule has 0 amide bonds. The Morgan fingerprint density at radius 3 is 2.69 bits per heavy atom. The fourth-order valence-electron chi connectivity index (χ4n) is 5.22. The zero-order chi connectivity index (χ0) is 24.2. The van der Waals surface area contributed by atoms with E-state index in [0.717, 1.165) is 42.1 Å². The smallest absolute Gasteiger partial charge is 0.212 e. The average Bonchev–Trinajstić information content (AvgIpc) is 3.71. The largest absolute Gasteiger partial charge is 0.481 e. The van der Waals surface area contributed by atoms with E-state index in [-0.39, 0.29) is 0 Å². The highest BCUT2D eigenvalue weighted by Crippen LogP contribution is 2.42. The summed E-state index contributed by atoms with van der Waals surface area (Å²) in [5.74, 6) is 2.03. The first-order chi connectivity index (χ1) is 17.7. The van der Waals surface area contributed by atoms with Crippen LogP contribution in [-0.4, -0.2) is 49.2 Å². The molecule has 2 fully saturated rings. The summed E-state index contributed by atoms with van der Waals surface area (Å²) in [6.07, 6.45) is 14.8. The predicted octanol–water partition coefficient (Wildman–Crippen LogP) is 3.88. The second-order valence-corrected chi connectivity index (χ2v) is 9.65. The van der Waals surface area contributed by atoms with Crippen molar-refractivity contribution in [1.82, 2.24) is 29.5 Å². The number of hydrogen-bond donors (Lipinski definition) is 0. The normalized spacial score (nSPS) is 18.6. The lowest BCUT2D eigenvalue weighted by atomic mass is 9.94. The van der Waals surface area contributed by atoms with Gasteiger partial charge in [0.05, 0.1) is 48.5 Å². The molecule has 1 saturated heterocycles. The van der Waals surface area contributed by atoms with Gasteiger partial charge in [-0.05, 0) is 36.0 Å². The van der Waals surface area contributed by atoms with E-state index in [1.165, 1.54) is 29.7 Å². The summed E-state index contributed by atoms with van der Waals surface area (Å²) < 4.78 is 6.97. The van der Waals surface area contributed by atoms with E-state index in [0.29, 0.717) is 23.4 Å². The SMILES string of the molecule is COc1ccc(CN2C3=CN(c4cnc(-c5cc(C6CC6)cn6ncc(C#N)c56)cn4)CC2C3)cn1. The number of nitrogens with zero attached hydrogens (tertiary/aromatic N) is 8. The Morgan fingerprint density at radius 1 is 1.11 bits per heavy atom. The van der Waals surface area contributed by atoms with Gasteiger partial charge in [0, 0.05) is 55.4 Å². The number of nitriles is 1. The van der Waals surface area contributed by atoms with Crippen molar-refractivity contribution in [2.75, 3.05) is 18.6 Å². The number of methoxy groups -OCH3 is 1. The van der Waals surface area contributed by atoms with Gasteiger partial charge in [-0.1, -0.05) is 6.07 Å². The molecule has 4 aromatic heterocycles. The topological polar surface area (TPSA) is 95.5 Å². The monoisotopic (exact) mass is 476 g/mol. The summed E-state index contributed by atoms with van der Waals surface area (Å²) in [5, 5.41) is 14.0. The Hall–Kier alpha value is -4.45. The van der Waals surface area contributed by atoms with E-state index in [2.05, 4.69) is 44.3 Å². The van der Waals surface area contributed by atoms with E-state index >= 15 is 0 Å². The van der Waals surface area contributed by atoms with Crippen LogP contribution in [0.25, 0.3) is 16.8 Å². The van der Waals surface area contributed by atoms with Crippen LogP contribution in [0.1, 0.15) is 41.9 Å². The standard InChI is InChI=1S/C27H24N8O/c1-36-26-5-2-17(9-31-26)13-34-21-7-22(34)16-33(15-21)25-12-29-24(11-30-25)23-6-19(18-3-4-18)14-35-27(23)20(8-28)10-32-35/h2,5-6,9-12,14-15,18,22H,3-4,7,13,16H2,1H3. The molecule has 9 nitrogen and oxygen atoms in total. The Bertz CT molecular complexity index is 1530. The third-order valence-corrected chi connectivity index (χ3v) is 7.34. The van der Waals surface area contributed by atoms with Crippen LogP contribution in [0.3, 0.4) is 0 Å². The van der Waals surface area contributed by atoms with E-state index in [4.69, 9.17) is 14.7 Å². The van der Waals surface area contributed by atoms with Crippen LogP contribution in [0.15, 0.2) is 61.1 Å². The zero-order valence-electron chi connectivity index (χ0n) is 19.9. The summed E-state index contributed by atoms with van der Waals surface area (Å²) >= 11 is 0. The van der Waals surface area contributed by atoms with Crippen LogP contribution in [0.5, 0.6) is 5.88 Å². The Kier molecular flexibility index (Phi) is 4.67. The van der Waals surface area contributed by atoms with Gasteiger partial charge < -0.3 is 14.5 Å². The number of pyridine rings is 2. The number of hydrogen-bond acceptors (Lipinski definition) is 8. The van der Waals surface area contributed by atoms with Crippen LogP contribution >= 0.6 is 0 Å². The number of aromatic nitrogens is 5. The number of ether oxygens (including phenoxy) is 1. The van der Waals surface area contributed by atoms with Crippen molar-refractivity contribution >= 4 is 11.3 Å². The van der Waals surface area contributed by atoms with Crippen LogP contribution in [-0.2, 0) is 6.54 Å². The molecule has 1 atom stereocenters. The van der Waals surface area contributed by atoms with Crippen LogP contribution < -0.4 is 9.64 Å². The quantitative estimate of drug-likeness (QED) is 0.414. The highest BCUT2D eigenvalue weighted by Gasteiger charge is 2.38. The Balaban J connectivity index is 1.14. The lowest BCUT2D eigenvalue weighted by Crippen LogP contribution is -2.55. The highest BCUT2D eigenvalue weighted by molar-refractivity contribution is 5.83. The first-order valence-electron chi connectivity index (χ1n) is 12.2.